The summed E-state index contributed by atoms with van der Waals surface area (Å²) >= 11 is 0. The molecule has 1 aromatic carbocycles. The van der Waals surface area contributed by atoms with Gasteiger partial charge in [0.15, 0.2) is 5.65 Å². The minimum absolute atomic E-state index is 0.160. The summed E-state index contributed by atoms with van der Waals surface area (Å²) < 4.78 is 13.2. The lowest BCUT2D eigenvalue weighted by Crippen LogP contribution is -2.39. The first-order valence-electron chi connectivity index (χ1n) is 10.3. The second-order valence-electron chi connectivity index (χ2n) is 7.77. The van der Waals surface area contributed by atoms with Crippen molar-refractivity contribution < 1.29 is 9.47 Å². The highest BCUT2D eigenvalue weighted by atomic mass is 16.5. The standard InChI is InChI=1S/C21H25N5O3/c27-20-18-12-22-26(16-4-2-1-3-5-16)19(18)23-21(24-20)25-9-6-17(7-10-25)29-14-15-8-11-28-13-15/h1-5,12,15,17H,6-11,13-14H2,(H,23,24,27). The van der Waals surface area contributed by atoms with Crippen molar-refractivity contribution >= 4 is 17.0 Å². The van der Waals surface area contributed by atoms with Gasteiger partial charge in [0.2, 0.25) is 5.95 Å². The molecule has 2 saturated heterocycles. The summed E-state index contributed by atoms with van der Waals surface area (Å²) in [4.78, 5) is 22.4. The molecule has 2 aliphatic rings. The maximum absolute atomic E-state index is 12.6. The molecule has 4 heterocycles. The fourth-order valence-electron chi connectivity index (χ4n) is 4.04. The normalized spacial score (nSPS) is 20.6. The number of ether oxygens (including phenoxy) is 2. The van der Waals surface area contributed by atoms with Crippen LogP contribution in [-0.2, 0) is 9.47 Å². The number of hydrogen-bond donors (Lipinski definition) is 1. The number of fused-ring (bicyclic) bond motifs is 1. The van der Waals surface area contributed by atoms with Crippen molar-refractivity contribution in [2.45, 2.75) is 25.4 Å². The third-order valence-electron chi connectivity index (χ3n) is 5.76. The number of hydrogen-bond acceptors (Lipinski definition) is 6. The molecule has 8 nitrogen and oxygen atoms in total. The minimum Gasteiger partial charge on any atom is -0.381 e. The molecule has 8 heteroatoms. The number of nitrogens with zero attached hydrogens (tertiary/aromatic N) is 4. The number of anilines is 1. The summed E-state index contributed by atoms with van der Waals surface area (Å²) in [5, 5.41) is 4.87. The summed E-state index contributed by atoms with van der Waals surface area (Å²) in [6, 6.07) is 9.74. The van der Waals surface area contributed by atoms with Crippen LogP contribution in [0.2, 0.25) is 0 Å². The van der Waals surface area contributed by atoms with Gasteiger partial charge in [-0.25, -0.2) is 4.68 Å². The van der Waals surface area contributed by atoms with Gasteiger partial charge in [-0.3, -0.25) is 9.78 Å². The van der Waals surface area contributed by atoms with Crippen molar-refractivity contribution in [1.29, 1.82) is 0 Å². The van der Waals surface area contributed by atoms with Crippen molar-refractivity contribution in [1.82, 2.24) is 19.7 Å². The number of benzene rings is 1. The summed E-state index contributed by atoms with van der Waals surface area (Å²) in [5.41, 5.74) is 1.30. The zero-order valence-electron chi connectivity index (χ0n) is 16.3. The second-order valence-corrected chi connectivity index (χ2v) is 7.77. The smallest absolute Gasteiger partial charge is 0.263 e. The lowest BCUT2D eigenvalue weighted by Gasteiger charge is -2.32. The van der Waals surface area contributed by atoms with Gasteiger partial charge >= 0.3 is 0 Å². The van der Waals surface area contributed by atoms with Crippen LogP contribution in [0.15, 0.2) is 41.3 Å². The topological polar surface area (TPSA) is 85.3 Å². The van der Waals surface area contributed by atoms with Gasteiger partial charge in [0.05, 0.1) is 31.2 Å². The summed E-state index contributed by atoms with van der Waals surface area (Å²) in [5.74, 6) is 1.13. The maximum atomic E-state index is 12.6. The third kappa shape index (κ3) is 3.77. The van der Waals surface area contributed by atoms with Crippen LogP contribution in [0.3, 0.4) is 0 Å². The molecule has 1 unspecified atom stereocenters. The van der Waals surface area contributed by atoms with Gasteiger partial charge in [-0.2, -0.15) is 10.1 Å². The Kier molecular flexibility index (Phi) is 5.03. The van der Waals surface area contributed by atoms with E-state index in [1.807, 2.05) is 30.3 Å². The molecule has 2 fully saturated rings. The predicted molar refractivity (Wildman–Crippen MR) is 110 cm³/mol. The summed E-state index contributed by atoms with van der Waals surface area (Å²) in [6.45, 7) is 4.06. The van der Waals surface area contributed by atoms with Crippen LogP contribution in [0.5, 0.6) is 0 Å². The Morgan fingerprint density at radius 2 is 2.00 bits per heavy atom. The van der Waals surface area contributed by atoms with Gasteiger partial charge < -0.3 is 14.4 Å². The molecule has 0 aliphatic carbocycles. The first-order chi connectivity index (χ1) is 14.3. The minimum atomic E-state index is -0.160. The van der Waals surface area contributed by atoms with E-state index in [1.54, 1.807) is 10.9 Å². The summed E-state index contributed by atoms with van der Waals surface area (Å²) in [7, 11) is 0. The highest BCUT2D eigenvalue weighted by molar-refractivity contribution is 5.76. The highest BCUT2D eigenvalue weighted by Gasteiger charge is 2.24. The molecule has 0 amide bonds. The van der Waals surface area contributed by atoms with E-state index >= 15 is 0 Å². The van der Waals surface area contributed by atoms with E-state index < -0.39 is 0 Å². The molecule has 0 radical (unpaired) electrons. The van der Waals surface area contributed by atoms with E-state index in [-0.39, 0.29) is 11.7 Å². The molecule has 3 aromatic rings. The predicted octanol–water partition coefficient (Wildman–Crippen LogP) is 2.13. The van der Waals surface area contributed by atoms with Gasteiger partial charge in [0.1, 0.15) is 5.39 Å². The molecular formula is C21H25N5O3. The molecule has 0 bridgehead atoms. The van der Waals surface area contributed by atoms with Gasteiger partial charge in [-0.05, 0) is 31.4 Å². The average Bonchev–Trinajstić information content (AvgIpc) is 3.43. The van der Waals surface area contributed by atoms with Gasteiger partial charge in [-0.15, -0.1) is 0 Å². The van der Waals surface area contributed by atoms with Gasteiger partial charge in [-0.1, -0.05) is 18.2 Å². The van der Waals surface area contributed by atoms with Crippen LogP contribution >= 0.6 is 0 Å². The Labute approximate surface area is 168 Å². The SMILES string of the molecule is O=c1[nH]c(N2CCC(OCC3CCOC3)CC2)nc2c1cnn2-c1ccccc1. The van der Waals surface area contributed by atoms with Crippen LogP contribution in [-0.4, -0.2) is 58.8 Å². The quantitative estimate of drug-likeness (QED) is 0.712. The van der Waals surface area contributed by atoms with E-state index in [2.05, 4.69) is 15.0 Å². The largest absolute Gasteiger partial charge is 0.381 e. The van der Waals surface area contributed by atoms with Crippen LogP contribution in [0.4, 0.5) is 5.95 Å². The van der Waals surface area contributed by atoms with Crippen molar-refractivity contribution in [3.8, 4) is 5.69 Å². The molecule has 152 valence electrons. The van der Waals surface area contributed by atoms with Crippen molar-refractivity contribution in [3.05, 3.63) is 46.9 Å². The molecule has 2 aliphatic heterocycles. The van der Waals surface area contributed by atoms with Crippen LogP contribution in [0, 0.1) is 5.92 Å². The van der Waals surface area contributed by atoms with Crippen molar-refractivity contribution in [2.24, 2.45) is 5.92 Å². The number of H-pyrrole nitrogens is 1. The van der Waals surface area contributed by atoms with Crippen LogP contribution < -0.4 is 10.5 Å². The second kappa shape index (κ2) is 7.96. The molecule has 5 rings (SSSR count). The number of aromatic amines is 1. The molecule has 1 atom stereocenters. The lowest BCUT2D eigenvalue weighted by atomic mass is 10.1. The van der Waals surface area contributed by atoms with E-state index in [0.29, 0.717) is 22.9 Å². The molecular weight excluding hydrogens is 370 g/mol. The molecule has 1 N–H and O–H groups in total. The third-order valence-corrected chi connectivity index (χ3v) is 5.76. The van der Waals surface area contributed by atoms with Crippen molar-refractivity contribution in [3.63, 3.8) is 0 Å². The lowest BCUT2D eigenvalue weighted by molar-refractivity contribution is 0.0130. The van der Waals surface area contributed by atoms with Gasteiger partial charge in [0.25, 0.3) is 5.56 Å². The Hall–Kier alpha value is -2.71. The first-order valence-corrected chi connectivity index (χ1v) is 10.3. The average molecular weight is 395 g/mol. The monoisotopic (exact) mass is 395 g/mol. The molecule has 0 saturated carbocycles. The first kappa shape index (κ1) is 18.3. The molecule has 2 aromatic heterocycles. The van der Waals surface area contributed by atoms with Crippen LogP contribution in [0.25, 0.3) is 16.7 Å². The van der Waals surface area contributed by atoms with E-state index in [4.69, 9.17) is 14.5 Å². The zero-order valence-corrected chi connectivity index (χ0v) is 16.3. The maximum Gasteiger partial charge on any atom is 0.263 e. The van der Waals surface area contributed by atoms with E-state index in [0.717, 1.165) is 57.9 Å². The van der Waals surface area contributed by atoms with Gasteiger partial charge in [0, 0.05) is 25.6 Å². The fourth-order valence-corrected chi connectivity index (χ4v) is 4.04. The fraction of sp³-hybridized carbons (Fsp3) is 0.476. The Morgan fingerprint density at radius 1 is 1.17 bits per heavy atom. The van der Waals surface area contributed by atoms with E-state index in [9.17, 15) is 4.79 Å². The number of nitrogens with one attached hydrogen (secondary N) is 1. The molecule has 29 heavy (non-hydrogen) atoms. The van der Waals surface area contributed by atoms with Crippen LogP contribution in [0.1, 0.15) is 19.3 Å². The number of piperidine rings is 1. The number of aromatic nitrogens is 4. The Balaban J connectivity index is 1.31. The summed E-state index contributed by atoms with van der Waals surface area (Å²) in [6.07, 6.45) is 4.78. The number of rotatable bonds is 5. The Morgan fingerprint density at radius 3 is 2.76 bits per heavy atom. The van der Waals surface area contributed by atoms with E-state index in [1.165, 1.54) is 0 Å². The number of para-hydroxylation sites is 1. The zero-order chi connectivity index (χ0) is 19.6. The van der Waals surface area contributed by atoms with Crippen molar-refractivity contribution in [2.75, 3.05) is 37.8 Å². The Bertz CT molecular complexity index is 1020. The molecule has 0 spiro atoms. The highest BCUT2D eigenvalue weighted by Crippen LogP contribution is 2.22.